The lowest BCUT2D eigenvalue weighted by molar-refractivity contribution is 0.262. The Labute approximate surface area is 156 Å². The van der Waals surface area contributed by atoms with Crippen molar-refractivity contribution >= 4 is 23.1 Å². The van der Waals surface area contributed by atoms with Crippen LogP contribution in [-0.2, 0) is 0 Å². The third kappa shape index (κ3) is 3.37. The number of nitrogens with one attached hydrogen (secondary N) is 2. The van der Waals surface area contributed by atoms with Gasteiger partial charge in [0.25, 0.3) is 0 Å². The normalized spacial score (nSPS) is 10.7. The summed E-state index contributed by atoms with van der Waals surface area (Å²) in [5.74, 6) is 0. The summed E-state index contributed by atoms with van der Waals surface area (Å²) in [6.07, 6.45) is 0. The van der Waals surface area contributed by atoms with Gasteiger partial charge in [0, 0.05) is 22.6 Å². The van der Waals surface area contributed by atoms with Crippen LogP contribution in [0.1, 0.15) is 11.4 Å². The van der Waals surface area contributed by atoms with Crippen LogP contribution in [0.3, 0.4) is 0 Å². The van der Waals surface area contributed by atoms with Crippen molar-refractivity contribution < 1.29 is 4.79 Å². The highest BCUT2D eigenvalue weighted by Crippen LogP contribution is 2.31. The molecule has 2 heterocycles. The zero-order chi connectivity index (χ0) is 18.8. The van der Waals surface area contributed by atoms with E-state index in [2.05, 4.69) is 15.6 Å². The molecule has 0 aliphatic rings. The maximum Gasteiger partial charge on any atom is 0.323 e. The van der Waals surface area contributed by atoms with Gasteiger partial charge in [0.05, 0.1) is 0 Å². The molecule has 0 spiro atoms. The summed E-state index contributed by atoms with van der Waals surface area (Å²) in [6, 6.07) is 20.7. The smallest absolute Gasteiger partial charge is 0.308 e. The molecule has 0 fully saturated rings. The first-order valence-electron chi connectivity index (χ1n) is 8.67. The molecule has 2 aromatic carbocycles. The van der Waals surface area contributed by atoms with E-state index in [0.717, 1.165) is 17.0 Å². The van der Waals surface area contributed by atoms with E-state index in [1.165, 1.54) is 0 Å². The number of urea groups is 1. The van der Waals surface area contributed by atoms with Crippen LogP contribution in [-0.4, -0.2) is 20.6 Å². The Bertz CT molecular complexity index is 1100. The first-order valence-corrected chi connectivity index (χ1v) is 8.67. The number of rotatable bonds is 3. The van der Waals surface area contributed by atoms with E-state index in [4.69, 9.17) is 5.10 Å². The minimum atomic E-state index is -0.339. The van der Waals surface area contributed by atoms with E-state index in [1.807, 2.05) is 80.6 Å². The summed E-state index contributed by atoms with van der Waals surface area (Å²) in [5, 5.41) is 10.5. The lowest BCUT2D eigenvalue weighted by Gasteiger charge is -2.08. The SMILES string of the molecule is Cc1cc(C)n2nc(-c3ccccc3)c(NC(=O)Nc3ccccc3)c2n1. The van der Waals surface area contributed by atoms with Gasteiger partial charge in [-0.25, -0.2) is 14.3 Å². The van der Waals surface area contributed by atoms with Gasteiger partial charge in [-0.05, 0) is 32.0 Å². The van der Waals surface area contributed by atoms with Crippen molar-refractivity contribution in [3.05, 3.63) is 78.1 Å². The molecule has 2 aromatic heterocycles. The first kappa shape index (κ1) is 16.8. The minimum Gasteiger partial charge on any atom is -0.308 e. The molecule has 6 heteroatoms. The quantitative estimate of drug-likeness (QED) is 0.560. The predicted octanol–water partition coefficient (Wildman–Crippen LogP) is 4.66. The van der Waals surface area contributed by atoms with Crippen LogP contribution in [0.2, 0.25) is 0 Å². The highest BCUT2D eigenvalue weighted by molar-refractivity contribution is 6.05. The van der Waals surface area contributed by atoms with Crippen LogP contribution in [0.5, 0.6) is 0 Å². The van der Waals surface area contributed by atoms with Crippen molar-refractivity contribution in [2.45, 2.75) is 13.8 Å². The van der Waals surface area contributed by atoms with Crippen LogP contribution in [0.4, 0.5) is 16.2 Å². The second-order valence-corrected chi connectivity index (χ2v) is 6.31. The average molecular weight is 357 g/mol. The molecule has 0 saturated heterocycles. The van der Waals surface area contributed by atoms with Crippen LogP contribution < -0.4 is 10.6 Å². The number of fused-ring (bicyclic) bond motifs is 1. The highest BCUT2D eigenvalue weighted by atomic mass is 16.2. The third-order valence-corrected chi connectivity index (χ3v) is 4.21. The first-order chi connectivity index (χ1) is 13.1. The van der Waals surface area contributed by atoms with E-state index < -0.39 is 0 Å². The van der Waals surface area contributed by atoms with Crippen molar-refractivity contribution in [2.24, 2.45) is 0 Å². The van der Waals surface area contributed by atoms with E-state index in [9.17, 15) is 4.79 Å². The summed E-state index contributed by atoms with van der Waals surface area (Å²) >= 11 is 0. The molecule has 27 heavy (non-hydrogen) atoms. The largest absolute Gasteiger partial charge is 0.323 e. The van der Waals surface area contributed by atoms with Gasteiger partial charge in [0.2, 0.25) is 0 Å². The molecule has 4 rings (SSSR count). The number of aryl methyl sites for hydroxylation is 2. The molecule has 134 valence electrons. The highest BCUT2D eigenvalue weighted by Gasteiger charge is 2.19. The lowest BCUT2D eigenvalue weighted by Crippen LogP contribution is -2.19. The number of carbonyl (C=O) groups excluding carboxylic acids is 1. The van der Waals surface area contributed by atoms with Crippen LogP contribution in [0, 0.1) is 13.8 Å². The number of nitrogens with zero attached hydrogens (tertiary/aromatic N) is 3. The molecular weight excluding hydrogens is 338 g/mol. The number of anilines is 2. The summed E-state index contributed by atoms with van der Waals surface area (Å²) in [6.45, 7) is 3.90. The Hall–Kier alpha value is -3.67. The van der Waals surface area contributed by atoms with Gasteiger partial charge in [0.1, 0.15) is 11.4 Å². The standard InChI is InChI=1S/C21H19N5O/c1-14-13-15(2)26-20(22-14)19(18(25-26)16-9-5-3-6-10-16)24-21(27)23-17-11-7-4-8-12-17/h3-13H,1-2H3,(H2,23,24,27). The maximum absolute atomic E-state index is 12.6. The van der Waals surface area contributed by atoms with Crippen LogP contribution in [0.25, 0.3) is 16.9 Å². The lowest BCUT2D eigenvalue weighted by atomic mass is 10.1. The van der Waals surface area contributed by atoms with Gasteiger partial charge in [-0.15, -0.1) is 0 Å². The molecule has 0 radical (unpaired) electrons. The Morgan fingerprint density at radius 1 is 0.926 bits per heavy atom. The number of carbonyl (C=O) groups is 1. The molecule has 0 aliphatic heterocycles. The number of hydrogen-bond donors (Lipinski definition) is 2. The number of para-hydroxylation sites is 1. The summed E-state index contributed by atoms with van der Waals surface area (Å²) in [5.41, 5.74) is 5.33. The molecule has 0 unspecified atom stereocenters. The monoisotopic (exact) mass is 357 g/mol. The predicted molar refractivity (Wildman–Crippen MR) is 107 cm³/mol. The fourth-order valence-corrected chi connectivity index (χ4v) is 3.03. The van der Waals surface area contributed by atoms with E-state index in [1.54, 1.807) is 4.52 Å². The van der Waals surface area contributed by atoms with E-state index in [0.29, 0.717) is 22.7 Å². The molecule has 4 aromatic rings. The van der Waals surface area contributed by atoms with Crippen molar-refractivity contribution in [2.75, 3.05) is 10.6 Å². The molecule has 0 saturated carbocycles. The maximum atomic E-state index is 12.6. The summed E-state index contributed by atoms with van der Waals surface area (Å²) in [4.78, 5) is 17.2. The van der Waals surface area contributed by atoms with Crippen molar-refractivity contribution in [3.8, 4) is 11.3 Å². The van der Waals surface area contributed by atoms with Crippen molar-refractivity contribution in [1.29, 1.82) is 0 Å². The number of hydrogen-bond acceptors (Lipinski definition) is 3. The zero-order valence-electron chi connectivity index (χ0n) is 15.1. The van der Waals surface area contributed by atoms with Gasteiger partial charge in [-0.3, -0.25) is 0 Å². The van der Waals surface area contributed by atoms with Gasteiger partial charge in [-0.2, -0.15) is 5.10 Å². The topological polar surface area (TPSA) is 71.3 Å². The molecule has 6 nitrogen and oxygen atoms in total. The second kappa shape index (κ2) is 6.92. The molecule has 0 atom stereocenters. The Kier molecular flexibility index (Phi) is 4.30. The average Bonchev–Trinajstić information content (AvgIpc) is 3.02. The van der Waals surface area contributed by atoms with Crippen LogP contribution in [0.15, 0.2) is 66.7 Å². The molecular formula is C21H19N5O. The number of aromatic nitrogens is 3. The summed E-state index contributed by atoms with van der Waals surface area (Å²) < 4.78 is 1.76. The number of benzene rings is 2. The fraction of sp³-hybridized carbons (Fsp3) is 0.0952. The molecule has 0 aliphatic carbocycles. The molecule has 2 N–H and O–H groups in total. The van der Waals surface area contributed by atoms with E-state index >= 15 is 0 Å². The molecule has 2 amide bonds. The second-order valence-electron chi connectivity index (χ2n) is 6.31. The zero-order valence-corrected chi connectivity index (χ0v) is 15.1. The van der Waals surface area contributed by atoms with Gasteiger partial charge in [0.15, 0.2) is 5.65 Å². The number of amides is 2. The van der Waals surface area contributed by atoms with Gasteiger partial charge in [-0.1, -0.05) is 48.5 Å². The van der Waals surface area contributed by atoms with Gasteiger partial charge >= 0.3 is 6.03 Å². The summed E-state index contributed by atoms with van der Waals surface area (Å²) in [7, 11) is 0. The van der Waals surface area contributed by atoms with Crippen molar-refractivity contribution in [1.82, 2.24) is 14.6 Å². The van der Waals surface area contributed by atoms with Crippen molar-refractivity contribution in [3.63, 3.8) is 0 Å². The Balaban J connectivity index is 1.78. The Morgan fingerprint density at radius 2 is 1.59 bits per heavy atom. The Morgan fingerprint density at radius 3 is 2.30 bits per heavy atom. The van der Waals surface area contributed by atoms with Crippen LogP contribution >= 0.6 is 0 Å². The van der Waals surface area contributed by atoms with Gasteiger partial charge < -0.3 is 10.6 Å². The third-order valence-electron chi connectivity index (χ3n) is 4.21. The fourth-order valence-electron chi connectivity index (χ4n) is 3.03. The minimum absolute atomic E-state index is 0.339. The molecule has 0 bridgehead atoms. The van der Waals surface area contributed by atoms with E-state index in [-0.39, 0.29) is 6.03 Å².